The standard InChI is InChI=1S/C12H10F3NO6/c1-22-10(18)11(19,12(13,14)15)6-9(17)7-2-4-8(5-3-7)16(20)21/h2-5,19H,6H2,1H3. The molecule has 1 rings (SSSR count). The summed E-state index contributed by atoms with van der Waals surface area (Å²) in [6.45, 7) is 0. The molecule has 0 saturated carbocycles. The number of non-ortho nitro benzene ring substituents is 1. The molecule has 0 fully saturated rings. The Balaban J connectivity index is 3.06. The van der Waals surface area contributed by atoms with E-state index in [1.807, 2.05) is 0 Å². The van der Waals surface area contributed by atoms with Crippen LogP contribution in [0.1, 0.15) is 16.8 Å². The Bertz CT molecular complexity index is 598. The minimum atomic E-state index is -5.42. The number of hydrogen-bond donors (Lipinski definition) is 1. The molecule has 1 N–H and O–H groups in total. The van der Waals surface area contributed by atoms with Gasteiger partial charge in [0.1, 0.15) is 0 Å². The molecule has 1 unspecified atom stereocenters. The Kier molecular flexibility index (Phi) is 4.87. The zero-order chi connectivity index (χ0) is 17.1. The van der Waals surface area contributed by atoms with Gasteiger partial charge in [-0.15, -0.1) is 0 Å². The summed E-state index contributed by atoms with van der Waals surface area (Å²) in [6, 6.07) is 3.68. The van der Waals surface area contributed by atoms with Crippen molar-refractivity contribution in [2.75, 3.05) is 7.11 Å². The third kappa shape index (κ3) is 3.39. The molecule has 0 bridgehead atoms. The third-order valence-corrected chi connectivity index (χ3v) is 2.81. The van der Waals surface area contributed by atoms with Crippen LogP contribution in [0, 0.1) is 10.1 Å². The van der Waals surface area contributed by atoms with Crippen molar-refractivity contribution in [2.24, 2.45) is 0 Å². The molecule has 22 heavy (non-hydrogen) atoms. The van der Waals surface area contributed by atoms with Crippen molar-refractivity contribution in [1.29, 1.82) is 0 Å². The van der Waals surface area contributed by atoms with Crippen LogP contribution in [0.2, 0.25) is 0 Å². The molecular weight excluding hydrogens is 311 g/mol. The zero-order valence-electron chi connectivity index (χ0n) is 11.1. The average molecular weight is 321 g/mol. The van der Waals surface area contributed by atoms with Gasteiger partial charge in [-0.2, -0.15) is 13.2 Å². The summed E-state index contributed by atoms with van der Waals surface area (Å²) < 4.78 is 42.3. The molecule has 0 saturated heterocycles. The number of esters is 1. The molecule has 7 nitrogen and oxygen atoms in total. The van der Waals surface area contributed by atoms with Gasteiger partial charge >= 0.3 is 12.1 Å². The topological polar surface area (TPSA) is 107 Å². The molecule has 0 aliphatic heterocycles. The van der Waals surface area contributed by atoms with E-state index in [1.165, 1.54) is 0 Å². The van der Waals surface area contributed by atoms with Crippen LogP contribution in [0.4, 0.5) is 18.9 Å². The highest BCUT2D eigenvalue weighted by atomic mass is 19.4. The summed E-state index contributed by atoms with van der Waals surface area (Å²) in [7, 11) is 0.634. The van der Waals surface area contributed by atoms with Gasteiger partial charge in [0.25, 0.3) is 11.3 Å². The molecule has 0 aromatic heterocycles. The number of hydrogen-bond acceptors (Lipinski definition) is 6. The van der Waals surface area contributed by atoms with Crippen LogP contribution in [0.25, 0.3) is 0 Å². The first kappa shape index (κ1) is 17.6. The SMILES string of the molecule is COC(=O)C(O)(CC(=O)c1ccc([N+](=O)[O-])cc1)C(F)(F)F. The number of nitrogens with zero attached hydrogens (tertiary/aromatic N) is 1. The van der Waals surface area contributed by atoms with Crippen LogP contribution >= 0.6 is 0 Å². The Labute approximate surface area is 121 Å². The van der Waals surface area contributed by atoms with Crippen molar-refractivity contribution < 1.29 is 37.5 Å². The predicted molar refractivity (Wildman–Crippen MR) is 65.1 cm³/mol. The minimum absolute atomic E-state index is 0.322. The highest BCUT2D eigenvalue weighted by Crippen LogP contribution is 2.35. The van der Waals surface area contributed by atoms with Crippen molar-refractivity contribution in [3.63, 3.8) is 0 Å². The van der Waals surface area contributed by atoms with Crippen LogP contribution < -0.4 is 0 Å². The Morgan fingerprint density at radius 1 is 1.27 bits per heavy atom. The number of nitro benzene ring substituents is 1. The monoisotopic (exact) mass is 321 g/mol. The van der Waals surface area contributed by atoms with E-state index >= 15 is 0 Å². The van der Waals surface area contributed by atoms with Gasteiger partial charge in [-0.05, 0) is 12.1 Å². The molecule has 1 aromatic rings. The van der Waals surface area contributed by atoms with Gasteiger partial charge in [-0.25, -0.2) is 4.79 Å². The Hall–Kier alpha value is -2.49. The van der Waals surface area contributed by atoms with Crippen molar-refractivity contribution in [1.82, 2.24) is 0 Å². The summed E-state index contributed by atoms with van der Waals surface area (Å²) in [5.74, 6) is -3.24. The number of alkyl halides is 3. The van der Waals surface area contributed by atoms with Crippen molar-refractivity contribution >= 4 is 17.4 Å². The fourth-order valence-corrected chi connectivity index (χ4v) is 1.56. The van der Waals surface area contributed by atoms with E-state index in [1.54, 1.807) is 0 Å². The smallest absolute Gasteiger partial charge is 0.428 e. The number of aliphatic hydroxyl groups is 1. The maximum atomic E-state index is 12.8. The van der Waals surface area contributed by atoms with E-state index in [0.717, 1.165) is 24.3 Å². The first-order valence-electron chi connectivity index (χ1n) is 5.68. The number of methoxy groups -OCH3 is 1. The molecule has 0 aliphatic carbocycles. The molecule has 0 spiro atoms. The molecular formula is C12H10F3NO6. The number of halogens is 3. The molecule has 1 atom stereocenters. The highest BCUT2D eigenvalue weighted by molar-refractivity contribution is 6.00. The van der Waals surface area contributed by atoms with Gasteiger partial charge in [-0.1, -0.05) is 0 Å². The van der Waals surface area contributed by atoms with E-state index in [2.05, 4.69) is 4.74 Å². The fraction of sp³-hybridized carbons (Fsp3) is 0.333. The van der Waals surface area contributed by atoms with Gasteiger partial charge in [0.15, 0.2) is 5.78 Å². The first-order chi connectivity index (χ1) is 10.0. The van der Waals surface area contributed by atoms with Crippen LogP contribution in [-0.4, -0.2) is 40.7 Å². The summed E-state index contributed by atoms with van der Waals surface area (Å²) in [6.07, 6.45) is -7.02. The second kappa shape index (κ2) is 6.10. The Morgan fingerprint density at radius 2 is 1.77 bits per heavy atom. The van der Waals surface area contributed by atoms with Gasteiger partial charge in [-0.3, -0.25) is 14.9 Å². The number of ether oxygens (including phenoxy) is 1. The second-order valence-electron chi connectivity index (χ2n) is 4.25. The molecule has 0 aliphatic rings. The van der Waals surface area contributed by atoms with E-state index in [0.29, 0.717) is 7.11 Å². The van der Waals surface area contributed by atoms with Gasteiger partial charge in [0.2, 0.25) is 0 Å². The molecule has 120 valence electrons. The number of carbonyl (C=O) groups excluding carboxylic acids is 2. The molecule has 1 aromatic carbocycles. The van der Waals surface area contributed by atoms with E-state index < -0.39 is 34.9 Å². The van der Waals surface area contributed by atoms with Crippen LogP contribution in [-0.2, 0) is 9.53 Å². The quantitative estimate of drug-likeness (QED) is 0.382. The number of nitro groups is 1. The number of Topliss-reactive ketones (excluding diaryl/α,β-unsaturated/α-hetero) is 1. The van der Waals surface area contributed by atoms with Crippen molar-refractivity contribution in [2.45, 2.75) is 18.2 Å². The summed E-state index contributed by atoms with van der Waals surface area (Å²) in [4.78, 5) is 32.6. The van der Waals surface area contributed by atoms with Gasteiger partial charge in [0.05, 0.1) is 18.5 Å². The predicted octanol–water partition coefficient (Wildman–Crippen LogP) is 1.63. The third-order valence-electron chi connectivity index (χ3n) is 2.81. The minimum Gasteiger partial charge on any atom is -0.467 e. The lowest BCUT2D eigenvalue weighted by Crippen LogP contribution is -2.54. The lowest BCUT2D eigenvalue weighted by molar-refractivity contribution is -0.384. The molecule has 0 heterocycles. The summed E-state index contributed by atoms with van der Waals surface area (Å²) >= 11 is 0. The maximum Gasteiger partial charge on any atom is 0.428 e. The van der Waals surface area contributed by atoms with Gasteiger partial charge < -0.3 is 9.84 Å². The number of benzene rings is 1. The average Bonchev–Trinajstić information content (AvgIpc) is 2.44. The molecule has 0 amide bonds. The number of ketones is 1. The summed E-state index contributed by atoms with van der Waals surface area (Å²) in [5, 5.41) is 19.9. The van der Waals surface area contributed by atoms with Crippen molar-refractivity contribution in [3.8, 4) is 0 Å². The van der Waals surface area contributed by atoms with Crippen LogP contribution in [0.3, 0.4) is 0 Å². The van der Waals surface area contributed by atoms with Crippen LogP contribution in [0.5, 0.6) is 0 Å². The lowest BCUT2D eigenvalue weighted by Gasteiger charge is -2.26. The first-order valence-corrected chi connectivity index (χ1v) is 5.68. The normalized spacial score (nSPS) is 14.0. The number of carbonyl (C=O) groups is 2. The Morgan fingerprint density at radius 3 is 2.14 bits per heavy atom. The highest BCUT2D eigenvalue weighted by Gasteiger charge is 2.61. The lowest BCUT2D eigenvalue weighted by atomic mass is 9.93. The molecule has 10 heteroatoms. The van der Waals surface area contributed by atoms with Crippen molar-refractivity contribution in [3.05, 3.63) is 39.9 Å². The second-order valence-corrected chi connectivity index (χ2v) is 4.25. The fourth-order valence-electron chi connectivity index (χ4n) is 1.56. The van der Waals surface area contributed by atoms with Gasteiger partial charge in [0, 0.05) is 17.7 Å². The summed E-state index contributed by atoms with van der Waals surface area (Å²) in [5.41, 5.74) is -4.67. The van der Waals surface area contributed by atoms with Crippen LogP contribution in [0.15, 0.2) is 24.3 Å². The van der Waals surface area contributed by atoms with E-state index in [4.69, 9.17) is 0 Å². The van der Waals surface area contributed by atoms with E-state index in [9.17, 15) is 38.0 Å². The zero-order valence-corrected chi connectivity index (χ0v) is 11.1. The largest absolute Gasteiger partial charge is 0.467 e. The maximum absolute atomic E-state index is 12.8. The molecule has 0 radical (unpaired) electrons. The number of rotatable bonds is 5. The van der Waals surface area contributed by atoms with E-state index in [-0.39, 0.29) is 11.3 Å².